The van der Waals surface area contributed by atoms with Crippen molar-refractivity contribution in [1.29, 1.82) is 0 Å². The Labute approximate surface area is 201 Å². The van der Waals surface area contributed by atoms with Crippen LogP contribution in [-0.2, 0) is 0 Å². The molecule has 0 bridgehead atoms. The van der Waals surface area contributed by atoms with Crippen LogP contribution in [0.15, 0.2) is 46.0 Å². The van der Waals surface area contributed by atoms with Crippen molar-refractivity contribution in [1.82, 2.24) is 15.3 Å². The molecule has 2 saturated heterocycles. The number of hydrogen-bond acceptors (Lipinski definition) is 6. The molecule has 3 fully saturated rings. The van der Waals surface area contributed by atoms with Crippen LogP contribution in [0.3, 0.4) is 0 Å². The van der Waals surface area contributed by atoms with Gasteiger partial charge in [0.15, 0.2) is 10.9 Å². The molecule has 6 rings (SSSR count). The molecule has 2 aliphatic heterocycles. The number of halogens is 1. The first kappa shape index (κ1) is 20.8. The number of fused-ring (bicyclic) bond motifs is 2. The van der Waals surface area contributed by atoms with E-state index in [0.29, 0.717) is 18.0 Å². The minimum absolute atomic E-state index is 0.0740. The molecule has 3 unspecified atom stereocenters. The number of nitrogens with one attached hydrogen (secondary N) is 1. The lowest BCUT2D eigenvalue weighted by Gasteiger charge is -2.56. The molecular formula is C25H27BrN4OS. The number of ether oxygens (including phenoxy) is 1. The highest BCUT2D eigenvalue weighted by Gasteiger charge is 2.47. The molecule has 2 aromatic carbocycles. The molecule has 166 valence electrons. The number of aromatic nitrogens is 2. The Morgan fingerprint density at radius 1 is 1.25 bits per heavy atom. The second-order valence-corrected chi connectivity index (χ2v) is 11.0. The van der Waals surface area contributed by atoms with Crippen LogP contribution in [0, 0.1) is 0 Å². The number of nitrogens with zero attached hydrogens (tertiary/aromatic N) is 3. The smallest absolute Gasteiger partial charge is 0.190 e. The lowest BCUT2D eigenvalue weighted by atomic mass is 9.88. The van der Waals surface area contributed by atoms with Crippen LogP contribution in [0.4, 0.5) is 5.82 Å². The third-order valence-corrected chi connectivity index (χ3v) is 8.39. The fraction of sp³-hybridized carbons (Fsp3) is 0.440. The summed E-state index contributed by atoms with van der Waals surface area (Å²) in [6, 6.07) is 13.9. The van der Waals surface area contributed by atoms with Crippen molar-refractivity contribution in [3.63, 3.8) is 0 Å². The molecule has 3 atom stereocenters. The quantitative estimate of drug-likeness (QED) is 0.325. The minimum atomic E-state index is -0.0740. The number of thioether (sulfide) groups is 1. The Bertz CT molecular complexity index is 1170. The minimum Gasteiger partial charge on any atom is -0.483 e. The fourth-order valence-electron chi connectivity index (χ4n) is 4.73. The topological polar surface area (TPSA) is 50.3 Å². The maximum atomic E-state index is 6.67. The first-order valence-electron chi connectivity index (χ1n) is 11.5. The number of anilines is 1. The zero-order chi connectivity index (χ0) is 21.8. The molecule has 1 N–H and O–H groups in total. The summed E-state index contributed by atoms with van der Waals surface area (Å²) in [6.45, 7) is 6.31. The third-order valence-electron chi connectivity index (χ3n) is 6.85. The van der Waals surface area contributed by atoms with Crippen molar-refractivity contribution in [3.05, 3.63) is 52.0 Å². The van der Waals surface area contributed by atoms with Gasteiger partial charge in [-0.3, -0.25) is 0 Å². The van der Waals surface area contributed by atoms with E-state index in [1.165, 1.54) is 18.4 Å². The largest absolute Gasteiger partial charge is 0.483 e. The number of hydrogen-bond donors (Lipinski definition) is 1. The van der Waals surface area contributed by atoms with Gasteiger partial charge in [0, 0.05) is 24.5 Å². The Kier molecular flexibility index (Phi) is 5.31. The van der Waals surface area contributed by atoms with Crippen molar-refractivity contribution >= 4 is 44.4 Å². The van der Waals surface area contributed by atoms with Gasteiger partial charge in [-0.1, -0.05) is 49.0 Å². The first-order chi connectivity index (χ1) is 15.6. The zero-order valence-electron chi connectivity index (χ0n) is 18.3. The monoisotopic (exact) mass is 510 g/mol. The van der Waals surface area contributed by atoms with E-state index in [1.807, 2.05) is 6.07 Å². The van der Waals surface area contributed by atoms with Gasteiger partial charge in [0.2, 0.25) is 0 Å². The van der Waals surface area contributed by atoms with E-state index in [4.69, 9.17) is 14.7 Å². The van der Waals surface area contributed by atoms with Crippen LogP contribution >= 0.6 is 27.7 Å². The summed E-state index contributed by atoms with van der Waals surface area (Å²) >= 11 is 5.61. The highest BCUT2D eigenvalue weighted by molar-refractivity contribution is 9.10. The average Bonchev–Trinajstić information content (AvgIpc) is 3.63. The fourth-order valence-corrected chi connectivity index (χ4v) is 6.02. The molecule has 0 amide bonds. The van der Waals surface area contributed by atoms with E-state index in [2.05, 4.69) is 70.3 Å². The van der Waals surface area contributed by atoms with Crippen molar-refractivity contribution in [2.24, 2.45) is 0 Å². The summed E-state index contributed by atoms with van der Waals surface area (Å²) in [5.74, 6) is 3.46. The number of benzene rings is 2. The normalized spacial score (nSPS) is 22.8. The predicted octanol–water partition coefficient (Wildman–Crippen LogP) is 5.68. The summed E-state index contributed by atoms with van der Waals surface area (Å²) in [5.41, 5.74) is 3.41. The first-order valence-corrected chi connectivity index (χ1v) is 13.3. The summed E-state index contributed by atoms with van der Waals surface area (Å²) in [4.78, 5) is 12.5. The Balaban J connectivity index is 1.51. The Hall–Kier alpha value is -1.83. The van der Waals surface area contributed by atoms with Gasteiger partial charge < -0.3 is 15.0 Å². The van der Waals surface area contributed by atoms with Crippen molar-refractivity contribution in [2.45, 2.75) is 56.0 Å². The molecule has 3 heterocycles. The molecule has 7 heteroatoms. The summed E-state index contributed by atoms with van der Waals surface area (Å²) < 4.78 is 7.72. The molecule has 0 radical (unpaired) electrons. The Morgan fingerprint density at radius 2 is 2.06 bits per heavy atom. The molecule has 1 aliphatic carbocycles. The van der Waals surface area contributed by atoms with E-state index in [1.54, 1.807) is 11.8 Å². The van der Waals surface area contributed by atoms with Gasteiger partial charge in [0.1, 0.15) is 17.4 Å². The standard InChI is InChI=1S/C25H27BrN4OS/c1-3-32-25-28-22-18(24(29-25)30-13-19-20(30)12-27-19)11-17(16-9-10-16)21(26)23(22)31-14(2)15-7-5-4-6-8-15/h4-8,11,14,16,19-20,27H,3,9-10,12-13H2,1-2H3. The van der Waals surface area contributed by atoms with Crippen LogP contribution < -0.4 is 15.0 Å². The molecular weight excluding hydrogens is 484 g/mol. The van der Waals surface area contributed by atoms with E-state index in [9.17, 15) is 0 Å². The Morgan fingerprint density at radius 3 is 2.69 bits per heavy atom. The predicted molar refractivity (Wildman–Crippen MR) is 134 cm³/mol. The molecule has 3 aromatic rings. The maximum absolute atomic E-state index is 6.67. The second-order valence-electron chi connectivity index (χ2n) is 8.95. The maximum Gasteiger partial charge on any atom is 0.190 e. The number of rotatable bonds is 7. The summed E-state index contributed by atoms with van der Waals surface area (Å²) in [7, 11) is 0. The van der Waals surface area contributed by atoms with Gasteiger partial charge in [0.05, 0.1) is 10.5 Å². The third kappa shape index (κ3) is 3.49. The van der Waals surface area contributed by atoms with Crippen molar-refractivity contribution in [3.8, 4) is 5.75 Å². The van der Waals surface area contributed by atoms with E-state index in [-0.39, 0.29) is 6.10 Å². The number of piperazine rings is 1. The van der Waals surface area contributed by atoms with Gasteiger partial charge in [-0.15, -0.1) is 0 Å². The lowest BCUT2D eigenvalue weighted by Crippen LogP contribution is -2.78. The van der Waals surface area contributed by atoms with Gasteiger partial charge in [0.25, 0.3) is 0 Å². The van der Waals surface area contributed by atoms with Gasteiger partial charge in [-0.25, -0.2) is 9.97 Å². The van der Waals surface area contributed by atoms with E-state index < -0.39 is 0 Å². The molecule has 0 spiro atoms. The van der Waals surface area contributed by atoms with Crippen LogP contribution in [-0.4, -0.2) is 40.9 Å². The SMILES string of the molecule is CCSc1nc(N2CC3NCC32)c2cc(C3CC3)c(Br)c(OC(C)c3ccccc3)c2n1. The molecule has 1 aromatic heterocycles. The molecule has 1 saturated carbocycles. The molecule has 5 nitrogen and oxygen atoms in total. The summed E-state index contributed by atoms with van der Waals surface area (Å²) in [6.07, 6.45) is 2.39. The van der Waals surface area contributed by atoms with Crippen LogP contribution in [0.2, 0.25) is 0 Å². The average molecular weight is 511 g/mol. The molecule has 3 aliphatic rings. The van der Waals surface area contributed by atoms with Crippen molar-refractivity contribution < 1.29 is 4.74 Å². The van der Waals surface area contributed by atoms with Crippen LogP contribution in [0.1, 0.15) is 49.8 Å². The lowest BCUT2D eigenvalue weighted by molar-refractivity contribution is 0.212. The van der Waals surface area contributed by atoms with Gasteiger partial charge in [-0.2, -0.15) is 0 Å². The van der Waals surface area contributed by atoms with Crippen molar-refractivity contribution in [2.75, 3.05) is 23.7 Å². The van der Waals surface area contributed by atoms with E-state index in [0.717, 1.165) is 56.5 Å². The second kappa shape index (κ2) is 8.19. The van der Waals surface area contributed by atoms with E-state index >= 15 is 0 Å². The van der Waals surface area contributed by atoms with Gasteiger partial charge in [-0.05, 0) is 64.6 Å². The summed E-state index contributed by atoms with van der Waals surface area (Å²) in [5, 5.41) is 5.46. The van der Waals surface area contributed by atoms with Gasteiger partial charge >= 0.3 is 0 Å². The van der Waals surface area contributed by atoms with Crippen LogP contribution in [0.25, 0.3) is 10.9 Å². The highest BCUT2D eigenvalue weighted by Crippen LogP contribution is 2.50. The van der Waals surface area contributed by atoms with Crippen LogP contribution in [0.5, 0.6) is 5.75 Å². The zero-order valence-corrected chi connectivity index (χ0v) is 20.7. The highest BCUT2D eigenvalue weighted by atomic mass is 79.9. The molecule has 32 heavy (non-hydrogen) atoms.